The van der Waals surface area contributed by atoms with Crippen molar-refractivity contribution < 1.29 is 33.4 Å². The number of rotatable bonds is 11. The Hall–Kier alpha value is -6.61. The van der Waals surface area contributed by atoms with Crippen LogP contribution in [0.2, 0.25) is 0 Å². The summed E-state index contributed by atoms with van der Waals surface area (Å²) >= 11 is 0. The van der Waals surface area contributed by atoms with Gasteiger partial charge in [-0.1, -0.05) is 152 Å². The van der Waals surface area contributed by atoms with Crippen molar-refractivity contribution in [2.75, 3.05) is 0 Å². The Labute approximate surface area is 300 Å². The van der Waals surface area contributed by atoms with Crippen LogP contribution < -0.4 is 5.32 Å². The molecule has 2 amide bonds. The number of ether oxygens (including phenoxy) is 2. The molecule has 3 atom stereocenters. The number of nitrogens with zero attached hydrogens (tertiary/aromatic N) is 1. The quantitative estimate of drug-likeness (QED) is 0.103. The number of esters is 2. The van der Waals surface area contributed by atoms with Crippen LogP contribution in [0.3, 0.4) is 0 Å². The summed E-state index contributed by atoms with van der Waals surface area (Å²) in [5.74, 6) is -5.13. The van der Waals surface area contributed by atoms with Gasteiger partial charge in [0.2, 0.25) is 5.91 Å². The fraction of sp³-hybridized carbons (Fsp3) is 0.140. The first-order valence-corrected chi connectivity index (χ1v) is 16.9. The van der Waals surface area contributed by atoms with Gasteiger partial charge in [0.1, 0.15) is 17.8 Å². The summed E-state index contributed by atoms with van der Waals surface area (Å²) in [6.07, 6.45) is -1.62. The lowest BCUT2D eigenvalue weighted by Crippen LogP contribution is -2.71. The zero-order valence-electron chi connectivity index (χ0n) is 28.1. The second-order valence-corrected chi connectivity index (χ2v) is 12.6. The van der Waals surface area contributed by atoms with Crippen LogP contribution in [0.25, 0.3) is 0 Å². The van der Waals surface area contributed by atoms with Crippen molar-refractivity contribution in [1.82, 2.24) is 10.2 Å². The first-order chi connectivity index (χ1) is 25.3. The molecule has 9 heteroatoms. The average molecular weight is 691 g/mol. The van der Waals surface area contributed by atoms with Crippen molar-refractivity contribution in [2.45, 2.75) is 37.1 Å². The number of hydrogen-bond acceptors (Lipinski definition) is 7. The second-order valence-electron chi connectivity index (χ2n) is 12.6. The normalized spacial score (nSPS) is 17.0. The van der Waals surface area contributed by atoms with E-state index in [4.69, 9.17) is 9.47 Å². The van der Waals surface area contributed by atoms with Crippen LogP contribution in [0.15, 0.2) is 163 Å². The molecule has 0 spiro atoms. The number of carbonyl (C=O) groups excluding carboxylic acids is 5. The van der Waals surface area contributed by atoms with E-state index in [-0.39, 0.29) is 11.3 Å². The van der Waals surface area contributed by atoms with E-state index in [1.807, 2.05) is 121 Å². The molecule has 0 aliphatic carbocycles. The molecular weight excluding hydrogens is 656 g/mol. The SMILES string of the molecule is CC1=C(C(=O)OC(c2ccccc2)c2ccccc2)N2C(=O)C(NC(=O)C(C(=O)OC(c3ccccc3)c3ccccc3)c3ccccc3)[C@H]2C1=O. The third kappa shape index (κ3) is 6.52. The lowest BCUT2D eigenvalue weighted by molar-refractivity contribution is -0.159. The van der Waals surface area contributed by atoms with Crippen LogP contribution in [0.1, 0.15) is 52.9 Å². The molecule has 5 aromatic rings. The maximum atomic E-state index is 14.0. The topological polar surface area (TPSA) is 119 Å². The van der Waals surface area contributed by atoms with Crippen molar-refractivity contribution in [3.05, 3.63) is 191 Å². The van der Waals surface area contributed by atoms with E-state index in [0.29, 0.717) is 27.8 Å². The Morgan fingerprint density at radius 1 is 0.577 bits per heavy atom. The summed E-state index contributed by atoms with van der Waals surface area (Å²) in [6.45, 7) is 1.46. The van der Waals surface area contributed by atoms with Crippen molar-refractivity contribution >= 4 is 29.5 Å². The summed E-state index contributed by atoms with van der Waals surface area (Å²) in [7, 11) is 0. The van der Waals surface area contributed by atoms with Crippen LogP contribution >= 0.6 is 0 Å². The minimum atomic E-state index is -1.47. The summed E-state index contributed by atoms with van der Waals surface area (Å²) in [5, 5.41) is 2.64. The number of benzene rings is 5. The molecule has 258 valence electrons. The van der Waals surface area contributed by atoms with Crippen LogP contribution in [-0.4, -0.2) is 46.5 Å². The van der Waals surface area contributed by atoms with E-state index in [9.17, 15) is 24.0 Å². The summed E-state index contributed by atoms with van der Waals surface area (Å²) in [4.78, 5) is 70.2. The van der Waals surface area contributed by atoms with Gasteiger partial charge in [0.05, 0.1) is 0 Å². The monoisotopic (exact) mass is 690 g/mol. The van der Waals surface area contributed by atoms with Crippen LogP contribution in [0.5, 0.6) is 0 Å². The van der Waals surface area contributed by atoms with Crippen LogP contribution in [0.4, 0.5) is 0 Å². The van der Waals surface area contributed by atoms with Gasteiger partial charge in [0, 0.05) is 5.57 Å². The number of carbonyl (C=O) groups is 5. The lowest BCUT2D eigenvalue weighted by Gasteiger charge is -2.42. The molecule has 0 aromatic heterocycles. The van der Waals surface area contributed by atoms with Gasteiger partial charge >= 0.3 is 11.9 Å². The van der Waals surface area contributed by atoms with Crippen molar-refractivity contribution in [1.29, 1.82) is 0 Å². The van der Waals surface area contributed by atoms with Gasteiger partial charge in [-0.3, -0.25) is 24.1 Å². The Morgan fingerprint density at radius 2 is 0.962 bits per heavy atom. The third-order valence-electron chi connectivity index (χ3n) is 9.32. The molecule has 1 fully saturated rings. The zero-order chi connectivity index (χ0) is 36.2. The third-order valence-corrected chi connectivity index (χ3v) is 9.32. The maximum Gasteiger partial charge on any atom is 0.356 e. The van der Waals surface area contributed by atoms with Gasteiger partial charge in [0.15, 0.2) is 23.9 Å². The highest BCUT2D eigenvalue weighted by Crippen LogP contribution is 2.39. The predicted octanol–water partition coefficient (Wildman–Crippen LogP) is 5.99. The number of fused-ring (bicyclic) bond motifs is 1. The molecule has 52 heavy (non-hydrogen) atoms. The van der Waals surface area contributed by atoms with Crippen molar-refractivity contribution in [3.8, 4) is 0 Å². The molecule has 7 rings (SSSR count). The number of ketones is 1. The number of hydrogen-bond donors (Lipinski definition) is 1. The summed E-state index contributed by atoms with van der Waals surface area (Å²) < 4.78 is 12.1. The smallest absolute Gasteiger partial charge is 0.356 e. The molecule has 2 aliphatic heterocycles. The highest BCUT2D eigenvalue weighted by Gasteiger charge is 2.60. The molecule has 2 aliphatic rings. The first-order valence-electron chi connectivity index (χ1n) is 16.9. The molecule has 0 radical (unpaired) electrons. The van der Waals surface area contributed by atoms with Gasteiger partial charge in [0.25, 0.3) is 5.91 Å². The van der Waals surface area contributed by atoms with E-state index in [1.54, 1.807) is 30.3 Å². The number of Topliss-reactive ketones (excluding diaryl/α,β-unsaturated/α-hetero) is 1. The van der Waals surface area contributed by atoms with Crippen LogP contribution in [0, 0.1) is 0 Å². The number of nitrogens with one attached hydrogen (secondary N) is 1. The fourth-order valence-electron chi connectivity index (χ4n) is 6.71. The van der Waals surface area contributed by atoms with Crippen molar-refractivity contribution in [3.63, 3.8) is 0 Å². The van der Waals surface area contributed by atoms with E-state index >= 15 is 0 Å². The largest absolute Gasteiger partial charge is 0.452 e. The molecule has 0 bridgehead atoms. The minimum absolute atomic E-state index is 0.0487. The van der Waals surface area contributed by atoms with Gasteiger partial charge in [-0.25, -0.2) is 4.79 Å². The molecule has 2 heterocycles. The highest BCUT2D eigenvalue weighted by molar-refractivity contribution is 6.20. The van der Waals surface area contributed by atoms with E-state index in [1.165, 1.54) is 6.92 Å². The van der Waals surface area contributed by atoms with E-state index in [2.05, 4.69) is 5.32 Å². The Balaban J connectivity index is 1.11. The van der Waals surface area contributed by atoms with Gasteiger partial charge in [-0.2, -0.15) is 0 Å². The second kappa shape index (κ2) is 14.7. The van der Waals surface area contributed by atoms with Crippen LogP contribution in [-0.2, 0) is 33.4 Å². The molecule has 0 saturated carbocycles. The lowest BCUT2D eigenvalue weighted by atomic mass is 9.91. The molecule has 9 nitrogen and oxygen atoms in total. The zero-order valence-corrected chi connectivity index (χ0v) is 28.1. The van der Waals surface area contributed by atoms with Gasteiger partial charge in [-0.05, 0) is 34.7 Å². The first kappa shape index (κ1) is 33.9. The maximum absolute atomic E-state index is 14.0. The molecule has 1 saturated heterocycles. The van der Waals surface area contributed by atoms with Crippen molar-refractivity contribution in [2.24, 2.45) is 0 Å². The molecule has 5 aromatic carbocycles. The summed E-state index contributed by atoms with van der Waals surface area (Å²) in [6, 6.07) is 42.5. The van der Waals surface area contributed by atoms with E-state index < -0.39 is 59.7 Å². The Bertz CT molecular complexity index is 2060. The minimum Gasteiger partial charge on any atom is -0.452 e. The fourth-order valence-corrected chi connectivity index (χ4v) is 6.71. The van der Waals surface area contributed by atoms with Gasteiger partial charge < -0.3 is 14.8 Å². The number of β-lactam (4-membered cyclic amide) rings is 1. The van der Waals surface area contributed by atoms with Gasteiger partial charge in [-0.15, -0.1) is 0 Å². The standard InChI is InChI=1S/C43H34N2O7/c1-27-35(43(50)52-39(31-23-13-5-14-24-31)32-25-15-6-16-26-32)45-36(37(27)46)34(41(45)48)44-40(47)33(28-17-7-2-8-18-28)42(49)51-38(29-19-9-3-10-20-29)30-21-11-4-12-22-30/h2-26,33-34,36,38-39H,1H3,(H,44,47)/t33?,34?,36-/m0/s1. The molecular formula is C43H34N2O7. The molecule has 2 unspecified atom stereocenters. The Kier molecular flexibility index (Phi) is 9.58. The summed E-state index contributed by atoms with van der Waals surface area (Å²) in [5.41, 5.74) is 3.06. The predicted molar refractivity (Wildman–Crippen MR) is 191 cm³/mol. The number of amides is 2. The highest BCUT2D eigenvalue weighted by atomic mass is 16.5. The average Bonchev–Trinajstić information content (AvgIpc) is 3.43. The Morgan fingerprint density at radius 3 is 1.38 bits per heavy atom. The molecule has 1 N–H and O–H groups in total. The van der Waals surface area contributed by atoms with E-state index in [0.717, 1.165) is 4.90 Å².